The smallest absolute Gasteiger partial charge is 0.223 e. The molecule has 1 aromatic heterocycles. The maximum absolute atomic E-state index is 5.59. The monoisotopic (exact) mass is 252 g/mol. The van der Waals surface area contributed by atoms with Crippen molar-refractivity contribution in [1.82, 2.24) is 9.97 Å². The van der Waals surface area contributed by atoms with E-state index in [0.29, 0.717) is 16.6 Å². The van der Waals surface area contributed by atoms with Gasteiger partial charge in [0.05, 0.1) is 0 Å². The molecule has 17 heavy (non-hydrogen) atoms. The Kier molecular flexibility index (Phi) is 4.40. The van der Waals surface area contributed by atoms with E-state index in [4.69, 9.17) is 18.0 Å². The van der Waals surface area contributed by atoms with E-state index in [1.165, 1.54) is 0 Å². The number of nitrogens with one attached hydrogen (secondary N) is 1. The third-order valence-electron chi connectivity index (χ3n) is 3.08. The van der Waals surface area contributed by atoms with Gasteiger partial charge in [-0.25, -0.2) is 9.97 Å². The van der Waals surface area contributed by atoms with Crippen LogP contribution in [-0.2, 0) is 0 Å². The minimum absolute atomic E-state index is 0.00127. The van der Waals surface area contributed by atoms with Crippen molar-refractivity contribution in [1.29, 1.82) is 0 Å². The van der Waals surface area contributed by atoms with Gasteiger partial charge in [-0.1, -0.05) is 26.1 Å². The quantitative estimate of drug-likeness (QED) is 0.788. The summed E-state index contributed by atoms with van der Waals surface area (Å²) in [5.41, 5.74) is 7.07. The fraction of sp³-hybridized carbons (Fsp3) is 0.583. The van der Waals surface area contributed by atoms with E-state index in [1.54, 1.807) is 6.07 Å². The minimum Gasteiger partial charge on any atom is -0.388 e. The van der Waals surface area contributed by atoms with Gasteiger partial charge < -0.3 is 11.1 Å². The minimum atomic E-state index is 0.00127. The molecule has 0 atom stereocenters. The van der Waals surface area contributed by atoms with E-state index in [-0.39, 0.29) is 5.54 Å². The van der Waals surface area contributed by atoms with Gasteiger partial charge in [-0.15, -0.1) is 0 Å². The lowest BCUT2D eigenvalue weighted by Crippen LogP contribution is -2.34. The maximum atomic E-state index is 5.59. The van der Waals surface area contributed by atoms with Crippen molar-refractivity contribution >= 4 is 23.2 Å². The first kappa shape index (κ1) is 13.8. The van der Waals surface area contributed by atoms with E-state index in [1.807, 2.05) is 6.92 Å². The molecule has 0 unspecified atom stereocenters. The molecule has 0 aliphatic rings. The molecule has 1 rings (SSSR count). The third-order valence-corrected chi connectivity index (χ3v) is 3.29. The number of aromatic nitrogens is 2. The van der Waals surface area contributed by atoms with Crippen molar-refractivity contribution in [2.75, 3.05) is 5.32 Å². The van der Waals surface area contributed by atoms with Gasteiger partial charge in [-0.05, 0) is 32.8 Å². The van der Waals surface area contributed by atoms with Gasteiger partial charge in [0.25, 0.3) is 0 Å². The summed E-state index contributed by atoms with van der Waals surface area (Å²) in [5.74, 6) is 0.596. The second-order valence-corrected chi connectivity index (χ2v) is 4.92. The summed E-state index contributed by atoms with van der Waals surface area (Å²) in [6.45, 7) is 8.34. The van der Waals surface area contributed by atoms with Crippen molar-refractivity contribution in [3.05, 3.63) is 17.5 Å². The summed E-state index contributed by atoms with van der Waals surface area (Å²) in [4.78, 5) is 8.98. The highest BCUT2D eigenvalue weighted by atomic mass is 32.1. The SMILES string of the molecule is CCC(C)(CC)Nc1nc(C)cc(C(N)=S)n1. The zero-order chi connectivity index (χ0) is 13.1. The van der Waals surface area contributed by atoms with Crippen molar-refractivity contribution in [3.63, 3.8) is 0 Å². The van der Waals surface area contributed by atoms with Crippen molar-refractivity contribution in [2.24, 2.45) is 5.73 Å². The number of anilines is 1. The summed E-state index contributed by atoms with van der Waals surface area (Å²) in [6.07, 6.45) is 2.01. The Bertz CT molecular complexity index is 413. The Morgan fingerprint density at radius 2 is 2.00 bits per heavy atom. The van der Waals surface area contributed by atoms with Gasteiger partial charge in [-0.3, -0.25) is 0 Å². The highest BCUT2D eigenvalue weighted by Crippen LogP contribution is 2.19. The second kappa shape index (κ2) is 5.40. The molecular weight excluding hydrogens is 232 g/mol. The van der Waals surface area contributed by atoms with Crippen LogP contribution in [0.5, 0.6) is 0 Å². The number of aryl methyl sites for hydroxylation is 1. The molecular formula is C12H20N4S. The second-order valence-electron chi connectivity index (χ2n) is 4.48. The van der Waals surface area contributed by atoms with Crippen LogP contribution in [0, 0.1) is 6.92 Å². The predicted octanol–water partition coefficient (Wildman–Crippen LogP) is 2.41. The summed E-state index contributed by atoms with van der Waals surface area (Å²) >= 11 is 4.94. The highest BCUT2D eigenvalue weighted by molar-refractivity contribution is 7.80. The first-order valence-corrected chi connectivity index (χ1v) is 6.24. The molecule has 0 radical (unpaired) electrons. The normalized spacial score (nSPS) is 11.3. The van der Waals surface area contributed by atoms with Crippen LogP contribution in [0.15, 0.2) is 6.07 Å². The number of rotatable bonds is 5. The average Bonchev–Trinajstić information content (AvgIpc) is 2.28. The molecule has 0 aliphatic heterocycles. The number of hydrogen-bond acceptors (Lipinski definition) is 4. The topological polar surface area (TPSA) is 63.8 Å². The van der Waals surface area contributed by atoms with Gasteiger partial charge in [0.1, 0.15) is 10.7 Å². The molecule has 0 fully saturated rings. The van der Waals surface area contributed by atoms with Crippen LogP contribution >= 0.6 is 12.2 Å². The van der Waals surface area contributed by atoms with Crippen LogP contribution in [0.4, 0.5) is 5.95 Å². The lowest BCUT2D eigenvalue weighted by Gasteiger charge is -2.28. The highest BCUT2D eigenvalue weighted by Gasteiger charge is 2.20. The number of nitrogens with zero attached hydrogens (tertiary/aromatic N) is 2. The van der Waals surface area contributed by atoms with Crippen LogP contribution in [0.25, 0.3) is 0 Å². The Morgan fingerprint density at radius 3 is 2.47 bits per heavy atom. The Labute approximate surface area is 108 Å². The van der Waals surface area contributed by atoms with Gasteiger partial charge >= 0.3 is 0 Å². The maximum Gasteiger partial charge on any atom is 0.223 e. The van der Waals surface area contributed by atoms with E-state index >= 15 is 0 Å². The van der Waals surface area contributed by atoms with Gasteiger partial charge in [0.15, 0.2) is 0 Å². The fourth-order valence-corrected chi connectivity index (χ4v) is 1.55. The molecule has 0 spiro atoms. The summed E-state index contributed by atoms with van der Waals surface area (Å²) in [6, 6.07) is 1.79. The average molecular weight is 252 g/mol. The summed E-state index contributed by atoms with van der Waals surface area (Å²) in [5, 5.41) is 3.35. The molecule has 1 aromatic rings. The lowest BCUT2D eigenvalue weighted by atomic mass is 9.96. The zero-order valence-corrected chi connectivity index (χ0v) is 11.7. The Hall–Kier alpha value is -1.23. The van der Waals surface area contributed by atoms with Crippen molar-refractivity contribution in [3.8, 4) is 0 Å². The summed E-state index contributed by atoms with van der Waals surface area (Å²) in [7, 11) is 0. The molecule has 4 nitrogen and oxygen atoms in total. The number of thiocarbonyl (C=S) groups is 1. The number of hydrogen-bond donors (Lipinski definition) is 2. The van der Waals surface area contributed by atoms with Crippen molar-refractivity contribution < 1.29 is 0 Å². The largest absolute Gasteiger partial charge is 0.388 e. The van der Waals surface area contributed by atoms with E-state index in [0.717, 1.165) is 18.5 Å². The zero-order valence-electron chi connectivity index (χ0n) is 10.9. The van der Waals surface area contributed by atoms with Crippen LogP contribution < -0.4 is 11.1 Å². The standard InChI is InChI=1S/C12H20N4S/c1-5-12(4,6-2)16-11-14-8(3)7-9(15-11)10(13)17/h7H,5-6H2,1-4H3,(H2,13,17)(H,14,15,16). The molecule has 0 aliphatic carbocycles. The Morgan fingerprint density at radius 1 is 1.41 bits per heavy atom. The predicted molar refractivity (Wildman–Crippen MR) is 75.3 cm³/mol. The van der Waals surface area contributed by atoms with Crippen LogP contribution in [0.3, 0.4) is 0 Å². The fourth-order valence-electron chi connectivity index (χ4n) is 1.45. The van der Waals surface area contributed by atoms with Crippen LogP contribution in [0.2, 0.25) is 0 Å². The van der Waals surface area contributed by atoms with Crippen LogP contribution in [0.1, 0.15) is 45.0 Å². The van der Waals surface area contributed by atoms with Crippen LogP contribution in [-0.4, -0.2) is 20.5 Å². The molecule has 0 amide bonds. The molecule has 0 bridgehead atoms. The van der Waals surface area contributed by atoms with Crippen molar-refractivity contribution in [2.45, 2.75) is 46.1 Å². The molecule has 94 valence electrons. The number of nitrogens with two attached hydrogens (primary N) is 1. The molecule has 5 heteroatoms. The molecule has 3 N–H and O–H groups in total. The van der Waals surface area contributed by atoms with Gasteiger partial charge in [0, 0.05) is 11.2 Å². The summed E-state index contributed by atoms with van der Waals surface area (Å²) < 4.78 is 0. The first-order valence-electron chi connectivity index (χ1n) is 5.84. The van der Waals surface area contributed by atoms with E-state index < -0.39 is 0 Å². The van der Waals surface area contributed by atoms with Gasteiger partial charge in [-0.2, -0.15) is 0 Å². The molecule has 0 aromatic carbocycles. The third kappa shape index (κ3) is 3.63. The van der Waals surface area contributed by atoms with E-state index in [9.17, 15) is 0 Å². The molecule has 0 saturated carbocycles. The first-order chi connectivity index (χ1) is 7.90. The lowest BCUT2D eigenvalue weighted by molar-refractivity contribution is 0.474. The molecule has 0 saturated heterocycles. The molecule has 1 heterocycles. The van der Waals surface area contributed by atoms with E-state index in [2.05, 4.69) is 36.1 Å². The van der Waals surface area contributed by atoms with Gasteiger partial charge in [0.2, 0.25) is 5.95 Å². The Balaban J connectivity index is 3.02.